The predicted octanol–water partition coefficient (Wildman–Crippen LogP) is 5.69. The SMILES string of the molecule is O=C(O)NC(c1ccccc1)c1cccc(OCc2ccc(CCNCC(O)c3ccc(O)c4[nH]c(=O)ccc34)c(Cl)c2)c1. The van der Waals surface area contributed by atoms with E-state index in [9.17, 15) is 24.9 Å². The van der Waals surface area contributed by atoms with Crippen LogP contribution in [0.25, 0.3) is 10.9 Å². The molecule has 2 atom stereocenters. The molecule has 226 valence electrons. The van der Waals surface area contributed by atoms with Gasteiger partial charge in [-0.2, -0.15) is 0 Å². The summed E-state index contributed by atoms with van der Waals surface area (Å²) in [6.45, 7) is 1.12. The van der Waals surface area contributed by atoms with Gasteiger partial charge in [0.05, 0.1) is 17.7 Å². The number of pyridine rings is 1. The summed E-state index contributed by atoms with van der Waals surface area (Å²) in [6.07, 6.45) is -1.33. The quantitative estimate of drug-likeness (QED) is 0.0992. The van der Waals surface area contributed by atoms with Crippen LogP contribution in [0.3, 0.4) is 0 Å². The topological polar surface area (TPSA) is 144 Å². The molecule has 0 saturated heterocycles. The van der Waals surface area contributed by atoms with Crippen LogP contribution in [0.5, 0.6) is 11.5 Å². The number of aromatic nitrogens is 1. The van der Waals surface area contributed by atoms with Gasteiger partial charge in [0.1, 0.15) is 18.1 Å². The summed E-state index contributed by atoms with van der Waals surface area (Å²) >= 11 is 6.58. The van der Waals surface area contributed by atoms with Crippen molar-refractivity contribution in [3.05, 3.63) is 140 Å². The molecule has 0 spiro atoms. The van der Waals surface area contributed by atoms with Crippen LogP contribution in [-0.4, -0.2) is 39.5 Å². The van der Waals surface area contributed by atoms with Crippen molar-refractivity contribution < 1.29 is 24.9 Å². The Morgan fingerprint density at radius 3 is 2.50 bits per heavy atom. The molecule has 5 aromatic rings. The van der Waals surface area contributed by atoms with Gasteiger partial charge in [-0.3, -0.25) is 4.79 Å². The third kappa shape index (κ3) is 7.57. The zero-order valence-electron chi connectivity index (χ0n) is 23.7. The highest BCUT2D eigenvalue weighted by Crippen LogP contribution is 2.29. The summed E-state index contributed by atoms with van der Waals surface area (Å²) in [5.74, 6) is 0.551. The van der Waals surface area contributed by atoms with Gasteiger partial charge in [-0.1, -0.05) is 72.3 Å². The maximum absolute atomic E-state index is 11.6. The molecule has 44 heavy (non-hydrogen) atoms. The summed E-state index contributed by atoms with van der Waals surface area (Å²) in [5, 5.41) is 37.2. The average molecular weight is 614 g/mol. The number of hydrogen-bond donors (Lipinski definition) is 6. The molecular weight excluding hydrogens is 582 g/mol. The van der Waals surface area contributed by atoms with E-state index < -0.39 is 18.2 Å². The van der Waals surface area contributed by atoms with Crippen molar-refractivity contribution >= 4 is 28.6 Å². The Labute approximate surface area is 258 Å². The lowest BCUT2D eigenvalue weighted by molar-refractivity contribution is 0.176. The zero-order chi connectivity index (χ0) is 31.1. The first-order valence-electron chi connectivity index (χ1n) is 14.1. The lowest BCUT2D eigenvalue weighted by atomic mass is 9.98. The highest BCUT2D eigenvalue weighted by Gasteiger charge is 2.17. The van der Waals surface area contributed by atoms with Crippen molar-refractivity contribution in [3.63, 3.8) is 0 Å². The van der Waals surface area contributed by atoms with Gasteiger partial charge in [-0.15, -0.1) is 0 Å². The van der Waals surface area contributed by atoms with Crippen LogP contribution in [0.2, 0.25) is 5.02 Å². The smallest absolute Gasteiger partial charge is 0.405 e. The van der Waals surface area contributed by atoms with Gasteiger partial charge in [0, 0.05) is 23.0 Å². The van der Waals surface area contributed by atoms with Gasteiger partial charge in [-0.25, -0.2) is 4.79 Å². The fourth-order valence-corrected chi connectivity index (χ4v) is 5.38. The molecule has 5 rings (SSSR count). The highest BCUT2D eigenvalue weighted by molar-refractivity contribution is 6.31. The molecule has 2 unspecified atom stereocenters. The van der Waals surface area contributed by atoms with Crippen LogP contribution >= 0.6 is 11.6 Å². The second kappa shape index (κ2) is 14.1. The molecule has 1 amide bonds. The van der Waals surface area contributed by atoms with Gasteiger partial charge in [0.25, 0.3) is 0 Å². The zero-order valence-corrected chi connectivity index (χ0v) is 24.4. The molecule has 0 saturated carbocycles. The van der Waals surface area contributed by atoms with E-state index in [0.29, 0.717) is 40.2 Å². The van der Waals surface area contributed by atoms with E-state index >= 15 is 0 Å². The third-order valence-electron chi connectivity index (χ3n) is 7.29. The molecule has 0 aliphatic rings. The number of amides is 1. The molecule has 6 N–H and O–H groups in total. The number of hydrogen-bond acceptors (Lipinski definition) is 6. The number of halogens is 1. The number of phenols is 1. The van der Waals surface area contributed by atoms with E-state index in [4.69, 9.17) is 16.3 Å². The van der Waals surface area contributed by atoms with E-state index in [2.05, 4.69) is 15.6 Å². The van der Waals surface area contributed by atoms with Gasteiger partial charge in [0.15, 0.2) is 0 Å². The Kier molecular flexibility index (Phi) is 9.81. The molecule has 9 nitrogen and oxygen atoms in total. The lowest BCUT2D eigenvalue weighted by Gasteiger charge is -2.19. The van der Waals surface area contributed by atoms with Gasteiger partial charge < -0.3 is 35.7 Å². The maximum Gasteiger partial charge on any atom is 0.405 e. The van der Waals surface area contributed by atoms with E-state index in [-0.39, 0.29) is 24.5 Å². The van der Waals surface area contributed by atoms with Crippen LogP contribution in [0.15, 0.2) is 102 Å². The molecule has 4 aromatic carbocycles. The number of aliphatic hydroxyl groups is 1. The Morgan fingerprint density at radius 1 is 0.932 bits per heavy atom. The first-order valence-corrected chi connectivity index (χ1v) is 14.4. The number of nitrogens with one attached hydrogen (secondary N) is 3. The first-order chi connectivity index (χ1) is 21.3. The largest absolute Gasteiger partial charge is 0.506 e. The minimum absolute atomic E-state index is 0.0525. The molecule has 1 heterocycles. The van der Waals surface area contributed by atoms with Crippen molar-refractivity contribution in [1.29, 1.82) is 0 Å². The molecule has 10 heteroatoms. The minimum Gasteiger partial charge on any atom is -0.506 e. The Hall–Kier alpha value is -4.83. The van der Waals surface area contributed by atoms with Crippen LogP contribution in [0.1, 0.15) is 40.0 Å². The van der Waals surface area contributed by atoms with Crippen LogP contribution in [0, 0.1) is 0 Å². The van der Waals surface area contributed by atoms with Crippen LogP contribution < -0.4 is 20.9 Å². The number of ether oxygens (including phenoxy) is 1. The molecular formula is C34H32ClN3O6. The van der Waals surface area contributed by atoms with Crippen LogP contribution in [-0.2, 0) is 13.0 Å². The summed E-state index contributed by atoms with van der Waals surface area (Å²) in [7, 11) is 0. The van der Waals surface area contributed by atoms with Crippen molar-refractivity contribution in [3.8, 4) is 11.5 Å². The van der Waals surface area contributed by atoms with E-state index in [0.717, 1.165) is 22.3 Å². The van der Waals surface area contributed by atoms with E-state index in [1.807, 2.05) is 72.8 Å². The number of fused-ring (bicyclic) bond motifs is 1. The number of rotatable bonds is 12. The minimum atomic E-state index is -1.11. The third-order valence-corrected chi connectivity index (χ3v) is 7.64. The number of carboxylic acid groups (broad SMARTS) is 1. The maximum atomic E-state index is 11.6. The average Bonchev–Trinajstić information content (AvgIpc) is 3.02. The molecule has 0 fully saturated rings. The number of phenolic OH excluding ortho intramolecular Hbond substituents is 1. The van der Waals surface area contributed by atoms with Gasteiger partial charge in [-0.05, 0) is 71.1 Å². The highest BCUT2D eigenvalue weighted by atomic mass is 35.5. The second-order valence-corrected chi connectivity index (χ2v) is 10.7. The number of aliphatic hydroxyl groups excluding tert-OH is 1. The number of carbonyl (C=O) groups is 1. The number of H-pyrrole nitrogens is 1. The Bertz CT molecular complexity index is 1810. The fourth-order valence-electron chi connectivity index (χ4n) is 5.08. The predicted molar refractivity (Wildman–Crippen MR) is 169 cm³/mol. The molecule has 1 aromatic heterocycles. The number of aromatic hydroxyl groups is 1. The van der Waals surface area contributed by atoms with Crippen molar-refractivity contribution in [1.82, 2.24) is 15.6 Å². The Morgan fingerprint density at radius 2 is 1.73 bits per heavy atom. The van der Waals surface area contributed by atoms with Crippen molar-refractivity contribution in [2.45, 2.75) is 25.2 Å². The normalized spacial score (nSPS) is 12.5. The van der Waals surface area contributed by atoms with Gasteiger partial charge in [0.2, 0.25) is 5.56 Å². The lowest BCUT2D eigenvalue weighted by Crippen LogP contribution is -2.27. The standard InChI is InChI=1S/C34H32ClN3O6/c35-28-17-21(20-44-25-8-4-7-24(18-25)32(38-34(42)43)23-5-2-1-3-6-23)9-10-22(28)15-16-36-19-30(40)26-11-13-29(39)33-27(26)12-14-31(41)37-33/h1-14,17-18,30,32,36,38-40H,15-16,19-20H2,(H,37,41)(H,42,43). The summed E-state index contributed by atoms with van der Waals surface area (Å²) in [6, 6.07) is 27.9. The Balaban J connectivity index is 1.15. The monoisotopic (exact) mass is 613 g/mol. The molecule has 0 radical (unpaired) electrons. The second-order valence-electron chi connectivity index (χ2n) is 10.3. The summed E-state index contributed by atoms with van der Waals surface area (Å²) in [5.41, 5.74) is 3.97. The number of benzene rings is 4. The number of aromatic amines is 1. The molecule has 0 aliphatic carbocycles. The van der Waals surface area contributed by atoms with Crippen molar-refractivity contribution in [2.24, 2.45) is 0 Å². The first kappa shape index (κ1) is 30.6. The van der Waals surface area contributed by atoms with E-state index in [1.165, 1.54) is 12.1 Å². The summed E-state index contributed by atoms with van der Waals surface area (Å²) < 4.78 is 6.02. The molecule has 0 aliphatic heterocycles. The van der Waals surface area contributed by atoms with Crippen LogP contribution in [0.4, 0.5) is 4.79 Å². The van der Waals surface area contributed by atoms with E-state index in [1.54, 1.807) is 12.1 Å². The summed E-state index contributed by atoms with van der Waals surface area (Å²) in [4.78, 5) is 25.7. The van der Waals surface area contributed by atoms with Gasteiger partial charge >= 0.3 is 6.09 Å². The fraction of sp³-hybridized carbons (Fsp3) is 0.176. The van der Waals surface area contributed by atoms with Crippen molar-refractivity contribution in [2.75, 3.05) is 13.1 Å². The molecule has 0 bridgehead atoms.